The summed E-state index contributed by atoms with van der Waals surface area (Å²) in [6.45, 7) is 5.36. The number of carboxylic acids is 1. The Morgan fingerprint density at radius 3 is 2.65 bits per heavy atom. The van der Waals surface area contributed by atoms with E-state index in [1.54, 1.807) is 0 Å². The highest BCUT2D eigenvalue weighted by atomic mass is 16.5. The molecular weight excluding hydrogens is 226 g/mol. The summed E-state index contributed by atoms with van der Waals surface area (Å²) in [5.74, 6) is -1.19. The van der Waals surface area contributed by atoms with Crippen LogP contribution in [0.15, 0.2) is 10.5 Å². The molecule has 6 heteroatoms. The summed E-state index contributed by atoms with van der Waals surface area (Å²) in [7, 11) is 0. The fourth-order valence-corrected chi connectivity index (χ4v) is 1.77. The van der Waals surface area contributed by atoms with Crippen LogP contribution in [0.5, 0.6) is 5.75 Å². The number of furan rings is 1. The number of ether oxygens (including phenoxy) is 1. The lowest BCUT2D eigenvalue weighted by Crippen LogP contribution is -2.48. The third kappa shape index (κ3) is 1.98. The smallest absolute Gasteiger partial charge is 0.372 e. The van der Waals surface area contributed by atoms with Crippen LogP contribution in [0.2, 0.25) is 0 Å². The van der Waals surface area contributed by atoms with E-state index in [9.17, 15) is 9.59 Å². The number of hydrogen-bond donors (Lipinski definition) is 1. The molecule has 1 aliphatic rings. The fourth-order valence-electron chi connectivity index (χ4n) is 1.77. The number of hydrogen-bond acceptors (Lipinski definition) is 4. The standard InChI is InChI=1S/C11H13NO5/c1-6(13)12-5-11(2,3)17-7-4-8(10(14)15)16-9(7)12/h4H,5H2,1-3H3,(H,14,15). The summed E-state index contributed by atoms with van der Waals surface area (Å²) in [6, 6.07) is 1.29. The van der Waals surface area contributed by atoms with Crippen LogP contribution >= 0.6 is 0 Å². The van der Waals surface area contributed by atoms with Crippen LogP contribution in [-0.2, 0) is 4.79 Å². The Labute approximate surface area is 97.8 Å². The highest BCUT2D eigenvalue weighted by Crippen LogP contribution is 2.39. The molecule has 0 unspecified atom stereocenters. The number of fused-ring (bicyclic) bond motifs is 1. The first kappa shape index (κ1) is 11.5. The maximum atomic E-state index is 11.5. The lowest BCUT2D eigenvalue weighted by atomic mass is 10.1. The van der Waals surface area contributed by atoms with Crippen molar-refractivity contribution in [1.29, 1.82) is 0 Å². The fraction of sp³-hybridized carbons (Fsp3) is 0.455. The number of aromatic carboxylic acids is 1. The highest BCUT2D eigenvalue weighted by Gasteiger charge is 2.37. The predicted octanol–water partition coefficient (Wildman–Crippen LogP) is 1.50. The van der Waals surface area contributed by atoms with Crippen molar-refractivity contribution in [2.45, 2.75) is 26.4 Å². The summed E-state index contributed by atoms with van der Waals surface area (Å²) in [4.78, 5) is 23.7. The van der Waals surface area contributed by atoms with Gasteiger partial charge in [0.1, 0.15) is 5.60 Å². The van der Waals surface area contributed by atoms with Crippen molar-refractivity contribution in [2.24, 2.45) is 0 Å². The second kappa shape index (κ2) is 3.51. The SMILES string of the molecule is CC(=O)N1CC(C)(C)Oc2cc(C(=O)O)oc21. The van der Waals surface area contributed by atoms with Gasteiger partial charge in [-0.3, -0.25) is 9.69 Å². The number of amides is 1. The van der Waals surface area contributed by atoms with Gasteiger partial charge in [-0.2, -0.15) is 0 Å². The van der Waals surface area contributed by atoms with Gasteiger partial charge in [-0.15, -0.1) is 0 Å². The largest absolute Gasteiger partial charge is 0.480 e. The number of nitrogens with zero attached hydrogens (tertiary/aromatic N) is 1. The first-order chi connectivity index (χ1) is 7.80. The van der Waals surface area contributed by atoms with Crippen molar-refractivity contribution in [3.63, 3.8) is 0 Å². The Bertz CT molecular complexity index is 488. The molecule has 0 aliphatic carbocycles. The molecule has 0 fully saturated rings. The molecule has 1 N–H and O–H groups in total. The zero-order chi connectivity index (χ0) is 12.8. The van der Waals surface area contributed by atoms with Crippen molar-refractivity contribution in [3.8, 4) is 5.75 Å². The first-order valence-electron chi connectivity index (χ1n) is 5.14. The van der Waals surface area contributed by atoms with E-state index in [-0.39, 0.29) is 23.3 Å². The Hall–Kier alpha value is -1.98. The molecule has 2 rings (SSSR count). The molecular formula is C11H13NO5. The van der Waals surface area contributed by atoms with E-state index >= 15 is 0 Å². The molecule has 0 saturated carbocycles. The molecule has 1 aromatic heterocycles. The molecule has 0 aromatic carbocycles. The van der Waals surface area contributed by atoms with Gasteiger partial charge in [0.05, 0.1) is 6.54 Å². The maximum absolute atomic E-state index is 11.5. The van der Waals surface area contributed by atoms with E-state index in [4.69, 9.17) is 14.3 Å². The van der Waals surface area contributed by atoms with Crippen molar-refractivity contribution in [3.05, 3.63) is 11.8 Å². The van der Waals surface area contributed by atoms with Crippen LogP contribution < -0.4 is 9.64 Å². The van der Waals surface area contributed by atoms with Gasteiger partial charge in [0.2, 0.25) is 17.6 Å². The Balaban J connectivity index is 2.49. The van der Waals surface area contributed by atoms with Gasteiger partial charge in [0.25, 0.3) is 0 Å². The minimum Gasteiger partial charge on any atom is -0.480 e. The van der Waals surface area contributed by atoms with Gasteiger partial charge in [-0.25, -0.2) is 4.79 Å². The Kier molecular flexibility index (Phi) is 2.38. The van der Waals surface area contributed by atoms with Crippen LogP contribution in [0.3, 0.4) is 0 Å². The van der Waals surface area contributed by atoms with Crippen LogP contribution in [0.25, 0.3) is 0 Å². The highest BCUT2D eigenvalue weighted by molar-refractivity contribution is 5.94. The summed E-state index contributed by atoms with van der Waals surface area (Å²) in [5.41, 5.74) is -0.571. The lowest BCUT2D eigenvalue weighted by Gasteiger charge is -2.36. The second-order valence-electron chi connectivity index (χ2n) is 4.55. The van der Waals surface area contributed by atoms with E-state index in [0.29, 0.717) is 6.54 Å². The van der Waals surface area contributed by atoms with Crippen molar-refractivity contribution in [1.82, 2.24) is 0 Å². The molecule has 1 amide bonds. The van der Waals surface area contributed by atoms with E-state index in [0.717, 1.165) is 0 Å². The molecule has 0 atom stereocenters. The third-order valence-corrected chi connectivity index (χ3v) is 2.44. The molecule has 0 spiro atoms. The monoisotopic (exact) mass is 239 g/mol. The average molecular weight is 239 g/mol. The third-order valence-electron chi connectivity index (χ3n) is 2.44. The zero-order valence-electron chi connectivity index (χ0n) is 9.81. The maximum Gasteiger partial charge on any atom is 0.372 e. The van der Waals surface area contributed by atoms with Gasteiger partial charge in [-0.05, 0) is 13.8 Å². The summed E-state index contributed by atoms with van der Waals surface area (Å²) in [6.07, 6.45) is 0. The van der Waals surface area contributed by atoms with E-state index < -0.39 is 11.6 Å². The van der Waals surface area contributed by atoms with Crippen LogP contribution in [0.4, 0.5) is 5.88 Å². The second-order valence-corrected chi connectivity index (χ2v) is 4.55. The van der Waals surface area contributed by atoms with E-state index in [2.05, 4.69) is 0 Å². The average Bonchev–Trinajstić information content (AvgIpc) is 2.57. The van der Waals surface area contributed by atoms with Crippen LogP contribution in [0.1, 0.15) is 31.3 Å². The van der Waals surface area contributed by atoms with Crippen LogP contribution in [0, 0.1) is 0 Å². The summed E-state index contributed by atoms with van der Waals surface area (Å²) >= 11 is 0. The number of rotatable bonds is 1. The molecule has 6 nitrogen and oxygen atoms in total. The quantitative estimate of drug-likeness (QED) is 0.803. The molecule has 0 saturated heterocycles. The Morgan fingerprint density at radius 2 is 2.12 bits per heavy atom. The topological polar surface area (TPSA) is 80.0 Å². The van der Waals surface area contributed by atoms with Gasteiger partial charge in [0, 0.05) is 13.0 Å². The van der Waals surface area contributed by atoms with Gasteiger partial charge in [-0.1, -0.05) is 0 Å². The van der Waals surface area contributed by atoms with E-state index in [1.165, 1.54) is 17.9 Å². The molecule has 1 aliphatic heterocycles. The van der Waals surface area contributed by atoms with E-state index in [1.807, 2.05) is 13.8 Å². The number of carbonyl (C=O) groups is 2. The first-order valence-corrected chi connectivity index (χ1v) is 5.14. The summed E-state index contributed by atoms with van der Waals surface area (Å²) < 4.78 is 10.7. The zero-order valence-corrected chi connectivity index (χ0v) is 9.81. The Morgan fingerprint density at radius 1 is 1.47 bits per heavy atom. The number of carbonyl (C=O) groups excluding carboxylic acids is 1. The minimum absolute atomic E-state index is 0.161. The summed E-state index contributed by atoms with van der Waals surface area (Å²) in [5, 5.41) is 8.84. The lowest BCUT2D eigenvalue weighted by molar-refractivity contribution is -0.117. The minimum atomic E-state index is -1.19. The normalized spacial score (nSPS) is 17.2. The van der Waals surface area contributed by atoms with Crippen molar-refractivity contribution in [2.75, 3.05) is 11.4 Å². The predicted molar refractivity (Wildman–Crippen MR) is 58.4 cm³/mol. The molecule has 0 bridgehead atoms. The van der Waals surface area contributed by atoms with Crippen molar-refractivity contribution >= 4 is 17.8 Å². The van der Waals surface area contributed by atoms with Gasteiger partial charge < -0.3 is 14.3 Å². The molecule has 2 heterocycles. The van der Waals surface area contributed by atoms with Gasteiger partial charge in [0.15, 0.2) is 5.75 Å². The molecule has 1 aromatic rings. The number of anilines is 1. The molecule has 0 radical (unpaired) electrons. The van der Waals surface area contributed by atoms with Crippen LogP contribution in [-0.4, -0.2) is 29.1 Å². The number of carboxylic acid groups (broad SMARTS) is 1. The van der Waals surface area contributed by atoms with Gasteiger partial charge >= 0.3 is 5.97 Å². The van der Waals surface area contributed by atoms with Crippen molar-refractivity contribution < 1.29 is 23.8 Å². The molecule has 92 valence electrons. The molecule has 17 heavy (non-hydrogen) atoms.